The molecule has 0 bridgehead atoms. The third-order valence-electron chi connectivity index (χ3n) is 2.79. The molecule has 1 aromatic carbocycles. The van der Waals surface area contributed by atoms with E-state index in [0.717, 1.165) is 0 Å². The molecule has 1 rings (SSSR count). The van der Waals surface area contributed by atoms with Gasteiger partial charge in [-0.25, -0.2) is 8.42 Å². The number of rotatable bonds is 6. The van der Waals surface area contributed by atoms with Crippen LogP contribution in [0.2, 0.25) is 5.02 Å². The minimum Gasteiger partial charge on any atom is -0.466 e. The third-order valence-corrected chi connectivity index (χ3v) is 5.01. The monoisotopic (exact) mass is 332 g/mol. The molecule has 0 spiro atoms. The van der Waals surface area contributed by atoms with Crippen LogP contribution in [0.15, 0.2) is 17.0 Å². The molecule has 0 aliphatic heterocycles. The zero-order valence-electron chi connectivity index (χ0n) is 12.1. The van der Waals surface area contributed by atoms with Crippen molar-refractivity contribution in [2.24, 2.45) is 0 Å². The quantitative estimate of drug-likeness (QED) is 0.590. The molecule has 7 heteroatoms. The van der Waals surface area contributed by atoms with Crippen LogP contribution < -0.4 is 0 Å². The van der Waals surface area contributed by atoms with Crippen LogP contribution in [0.5, 0.6) is 0 Å². The fraction of sp³-hybridized carbons (Fsp3) is 0.429. The average molecular weight is 333 g/mol. The van der Waals surface area contributed by atoms with Crippen molar-refractivity contribution in [1.82, 2.24) is 0 Å². The first-order valence-corrected chi connectivity index (χ1v) is 8.37. The van der Waals surface area contributed by atoms with Crippen molar-refractivity contribution in [3.8, 4) is 0 Å². The van der Waals surface area contributed by atoms with E-state index in [-0.39, 0.29) is 11.5 Å². The Morgan fingerprint density at radius 2 is 1.81 bits per heavy atom. The molecule has 1 aromatic rings. The van der Waals surface area contributed by atoms with E-state index >= 15 is 0 Å². The molecule has 0 atom stereocenters. The van der Waals surface area contributed by atoms with Crippen LogP contribution in [0.25, 0.3) is 0 Å². The maximum absolute atomic E-state index is 12.3. The molecule has 0 heterocycles. The van der Waals surface area contributed by atoms with E-state index in [1.807, 2.05) is 0 Å². The van der Waals surface area contributed by atoms with E-state index in [0.29, 0.717) is 16.1 Å². The summed E-state index contributed by atoms with van der Waals surface area (Å²) in [6, 6.07) is 2.98. The summed E-state index contributed by atoms with van der Waals surface area (Å²) in [5.74, 6) is -2.14. The molecule has 0 N–H and O–H groups in total. The predicted octanol–water partition coefficient (Wildman–Crippen LogP) is 2.25. The van der Waals surface area contributed by atoms with Crippen molar-refractivity contribution < 1.29 is 22.7 Å². The molecule has 0 unspecified atom stereocenters. The van der Waals surface area contributed by atoms with Crippen LogP contribution in [0.4, 0.5) is 0 Å². The lowest BCUT2D eigenvalue weighted by molar-refractivity contribution is -0.145. The van der Waals surface area contributed by atoms with Gasteiger partial charge < -0.3 is 4.74 Å². The lowest BCUT2D eigenvalue weighted by atomic mass is 10.2. The number of carbonyl (C=O) groups excluding carboxylic acids is 2. The number of hydrogen-bond donors (Lipinski definition) is 0. The van der Waals surface area contributed by atoms with E-state index < -0.39 is 33.8 Å². The fourth-order valence-electron chi connectivity index (χ4n) is 1.80. The van der Waals surface area contributed by atoms with E-state index in [2.05, 4.69) is 4.74 Å². The number of esters is 1. The molecule has 0 aliphatic rings. The highest BCUT2D eigenvalue weighted by atomic mass is 35.5. The number of benzene rings is 1. The molecule has 0 saturated heterocycles. The Labute approximate surface area is 129 Å². The molecular formula is C14H17ClO5S. The largest absolute Gasteiger partial charge is 0.466 e. The molecule has 0 fully saturated rings. The second-order valence-corrected chi connectivity index (χ2v) is 7.01. The van der Waals surface area contributed by atoms with Crippen LogP contribution >= 0.6 is 11.6 Å². The molecule has 0 amide bonds. The summed E-state index contributed by atoms with van der Waals surface area (Å²) in [5.41, 5.74) is 1.08. The average Bonchev–Trinajstić information content (AvgIpc) is 2.32. The highest BCUT2D eigenvalue weighted by Crippen LogP contribution is 2.24. The predicted molar refractivity (Wildman–Crippen MR) is 79.2 cm³/mol. The van der Waals surface area contributed by atoms with Crippen molar-refractivity contribution >= 4 is 33.2 Å². The Morgan fingerprint density at radius 3 is 2.38 bits per heavy atom. The first-order chi connectivity index (χ1) is 9.67. The molecule has 5 nitrogen and oxygen atoms in total. The highest BCUT2D eigenvalue weighted by molar-refractivity contribution is 7.92. The zero-order chi connectivity index (χ0) is 16.2. The Kier molecular flexibility index (Phi) is 5.92. The van der Waals surface area contributed by atoms with Crippen LogP contribution in [0.1, 0.15) is 24.5 Å². The minimum absolute atomic E-state index is 0.0570. The lowest BCUT2D eigenvalue weighted by Crippen LogP contribution is -2.21. The Balaban J connectivity index is 2.95. The Hall–Kier alpha value is -1.40. The summed E-state index contributed by atoms with van der Waals surface area (Å²) in [4.78, 5) is 22.9. The minimum atomic E-state index is -3.81. The summed E-state index contributed by atoms with van der Waals surface area (Å²) >= 11 is 5.92. The maximum atomic E-state index is 12.3. The number of ether oxygens (including phenoxy) is 1. The van der Waals surface area contributed by atoms with Gasteiger partial charge >= 0.3 is 5.97 Å². The summed E-state index contributed by atoms with van der Waals surface area (Å²) in [7, 11) is -3.81. The van der Waals surface area contributed by atoms with Gasteiger partial charge in [0.15, 0.2) is 15.6 Å². The molecule has 21 heavy (non-hydrogen) atoms. The van der Waals surface area contributed by atoms with Crippen LogP contribution in [0.3, 0.4) is 0 Å². The SMILES string of the molecule is CCOC(=O)CC(=O)CS(=O)(=O)c1cc(C)c(Cl)cc1C. The van der Waals surface area contributed by atoms with Crippen molar-refractivity contribution in [3.05, 3.63) is 28.3 Å². The highest BCUT2D eigenvalue weighted by Gasteiger charge is 2.23. The van der Waals surface area contributed by atoms with E-state index in [1.54, 1.807) is 26.8 Å². The summed E-state index contributed by atoms with van der Waals surface area (Å²) in [5, 5.41) is 0.462. The molecular weight excluding hydrogens is 316 g/mol. The maximum Gasteiger partial charge on any atom is 0.313 e. The Morgan fingerprint density at radius 1 is 1.19 bits per heavy atom. The summed E-state index contributed by atoms with van der Waals surface area (Å²) < 4.78 is 29.1. The number of Topliss-reactive ketones (excluding diaryl/α,β-unsaturated/α-hetero) is 1. The van der Waals surface area contributed by atoms with E-state index in [4.69, 9.17) is 11.6 Å². The number of carbonyl (C=O) groups is 2. The number of hydrogen-bond acceptors (Lipinski definition) is 5. The molecule has 0 aromatic heterocycles. The van der Waals surface area contributed by atoms with Crippen molar-refractivity contribution in [1.29, 1.82) is 0 Å². The van der Waals surface area contributed by atoms with Gasteiger partial charge in [0.05, 0.1) is 11.5 Å². The van der Waals surface area contributed by atoms with Gasteiger partial charge in [0.2, 0.25) is 0 Å². The van der Waals surface area contributed by atoms with E-state index in [1.165, 1.54) is 6.07 Å². The lowest BCUT2D eigenvalue weighted by Gasteiger charge is -2.09. The van der Waals surface area contributed by atoms with Gasteiger partial charge in [0.25, 0.3) is 0 Å². The van der Waals surface area contributed by atoms with Gasteiger partial charge in [-0.3, -0.25) is 9.59 Å². The van der Waals surface area contributed by atoms with Crippen molar-refractivity contribution in [2.75, 3.05) is 12.4 Å². The smallest absolute Gasteiger partial charge is 0.313 e. The van der Waals surface area contributed by atoms with Gasteiger partial charge in [0, 0.05) is 5.02 Å². The molecule has 0 saturated carbocycles. The fourth-order valence-corrected chi connectivity index (χ4v) is 3.61. The molecule has 0 aliphatic carbocycles. The van der Waals surface area contributed by atoms with Gasteiger partial charge in [-0.2, -0.15) is 0 Å². The number of aryl methyl sites for hydroxylation is 2. The van der Waals surface area contributed by atoms with Gasteiger partial charge in [-0.15, -0.1) is 0 Å². The second-order valence-electron chi connectivity index (χ2n) is 4.65. The summed E-state index contributed by atoms with van der Waals surface area (Å²) in [6.45, 7) is 5.04. The second kappa shape index (κ2) is 7.04. The van der Waals surface area contributed by atoms with Gasteiger partial charge in [-0.1, -0.05) is 11.6 Å². The molecule has 0 radical (unpaired) electrons. The van der Waals surface area contributed by atoms with Crippen LogP contribution in [0, 0.1) is 13.8 Å². The zero-order valence-corrected chi connectivity index (χ0v) is 13.7. The number of halogens is 1. The number of sulfone groups is 1. The number of ketones is 1. The third kappa shape index (κ3) is 4.82. The molecule has 116 valence electrons. The Bertz CT molecular complexity index is 664. The summed E-state index contributed by atoms with van der Waals surface area (Å²) in [6.07, 6.45) is -0.543. The standard InChI is InChI=1S/C14H17ClO5S/c1-4-20-14(17)7-11(16)8-21(18,19)13-6-9(2)12(15)5-10(13)3/h5-6H,4,7-8H2,1-3H3. The van der Waals surface area contributed by atoms with Crippen molar-refractivity contribution in [3.63, 3.8) is 0 Å². The van der Waals surface area contributed by atoms with Crippen LogP contribution in [-0.4, -0.2) is 32.5 Å². The van der Waals surface area contributed by atoms with Gasteiger partial charge in [0.1, 0.15) is 12.2 Å². The van der Waals surface area contributed by atoms with Crippen molar-refractivity contribution in [2.45, 2.75) is 32.1 Å². The normalized spacial score (nSPS) is 11.2. The van der Waals surface area contributed by atoms with Crippen LogP contribution in [-0.2, 0) is 24.2 Å². The first-order valence-electron chi connectivity index (χ1n) is 6.34. The van der Waals surface area contributed by atoms with Gasteiger partial charge in [-0.05, 0) is 44.0 Å². The topological polar surface area (TPSA) is 77.5 Å². The first kappa shape index (κ1) is 17.7. The van der Waals surface area contributed by atoms with E-state index in [9.17, 15) is 18.0 Å².